The van der Waals surface area contributed by atoms with Crippen LogP contribution >= 0.6 is 0 Å². The molecule has 2 rings (SSSR count). The summed E-state index contributed by atoms with van der Waals surface area (Å²) in [5.41, 5.74) is 1.80. The van der Waals surface area contributed by atoms with Crippen molar-refractivity contribution in [2.24, 2.45) is 5.41 Å². The van der Waals surface area contributed by atoms with Gasteiger partial charge in [0.05, 0.1) is 5.41 Å². The van der Waals surface area contributed by atoms with E-state index in [1.807, 2.05) is 25.2 Å². The van der Waals surface area contributed by atoms with E-state index in [9.17, 15) is 9.90 Å². The van der Waals surface area contributed by atoms with E-state index < -0.39 is 11.4 Å². The van der Waals surface area contributed by atoms with Crippen LogP contribution in [0.3, 0.4) is 0 Å². The highest BCUT2D eigenvalue weighted by Crippen LogP contribution is 2.42. The minimum atomic E-state index is -0.649. The lowest BCUT2D eigenvalue weighted by Gasteiger charge is -2.41. The number of aryl methyl sites for hydroxylation is 1. The molecule has 3 heteroatoms. The molecular formula is C14H19NO2. The van der Waals surface area contributed by atoms with Gasteiger partial charge in [0.1, 0.15) is 0 Å². The maximum absolute atomic E-state index is 11.3. The van der Waals surface area contributed by atoms with E-state index in [1.165, 1.54) is 5.56 Å². The van der Waals surface area contributed by atoms with Gasteiger partial charge in [-0.2, -0.15) is 0 Å². The van der Waals surface area contributed by atoms with Crippen molar-refractivity contribution in [2.45, 2.75) is 26.2 Å². The standard InChI is InChI=1S/C14H19NO2/c1-11-6-3-4-7-12(11)15(2)10-14(13(16)17)8-5-9-14/h3-4,6-7H,5,8-10H2,1-2H3,(H,16,17). The predicted molar refractivity (Wildman–Crippen MR) is 68.4 cm³/mol. The number of carboxylic acid groups (broad SMARTS) is 1. The summed E-state index contributed by atoms with van der Waals surface area (Å²) in [6.45, 7) is 2.66. The third kappa shape index (κ3) is 2.14. The molecule has 1 aliphatic rings. The normalized spacial score (nSPS) is 17.3. The number of benzene rings is 1. The van der Waals surface area contributed by atoms with E-state index in [-0.39, 0.29) is 0 Å². The molecule has 0 bridgehead atoms. The SMILES string of the molecule is Cc1ccccc1N(C)CC1(C(=O)O)CCC1. The minimum Gasteiger partial charge on any atom is -0.481 e. The number of carbonyl (C=O) groups is 1. The summed E-state index contributed by atoms with van der Waals surface area (Å²) in [6, 6.07) is 8.10. The molecule has 0 aliphatic heterocycles. The maximum Gasteiger partial charge on any atom is 0.311 e. The van der Waals surface area contributed by atoms with Gasteiger partial charge in [0.15, 0.2) is 0 Å². The Morgan fingerprint density at radius 2 is 2.06 bits per heavy atom. The minimum absolute atomic E-state index is 0.517. The Balaban J connectivity index is 2.14. The van der Waals surface area contributed by atoms with E-state index >= 15 is 0 Å². The lowest BCUT2D eigenvalue weighted by atomic mass is 9.68. The molecular weight excluding hydrogens is 214 g/mol. The van der Waals surface area contributed by atoms with Gasteiger partial charge in [-0.05, 0) is 31.4 Å². The number of hydrogen-bond acceptors (Lipinski definition) is 2. The molecule has 0 amide bonds. The highest BCUT2D eigenvalue weighted by Gasteiger charge is 2.45. The van der Waals surface area contributed by atoms with Crippen LogP contribution in [-0.4, -0.2) is 24.7 Å². The summed E-state index contributed by atoms with van der Waals surface area (Å²) < 4.78 is 0. The van der Waals surface area contributed by atoms with Gasteiger partial charge in [0.2, 0.25) is 0 Å². The summed E-state index contributed by atoms with van der Waals surface area (Å²) in [6.07, 6.45) is 2.64. The summed E-state index contributed by atoms with van der Waals surface area (Å²) in [5, 5.41) is 9.32. The molecule has 0 atom stereocenters. The molecule has 0 saturated heterocycles. The summed E-state index contributed by atoms with van der Waals surface area (Å²) >= 11 is 0. The van der Waals surface area contributed by atoms with Gasteiger partial charge >= 0.3 is 5.97 Å². The molecule has 17 heavy (non-hydrogen) atoms. The van der Waals surface area contributed by atoms with E-state index in [2.05, 4.69) is 17.9 Å². The molecule has 0 radical (unpaired) electrons. The molecule has 0 aromatic heterocycles. The Kier molecular flexibility index (Phi) is 3.09. The largest absolute Gasteiger partial charge is 0.481 e. The Morgan fingerprint density at radius 1 is 1.41 bits per heavy atom. The number of anilines is 1. The zero-order chi connectivity index (χ0) is 12.5. The van der Waals surface area contributed by atoms with Crippen LogP contribution in [-0.2, 0) is 4.79 Å². The number of aliphatic carboxylic acids is 1. The summed E-state index contributed by atoms with van der Waals surface area (Å²) in [5.74, 6) is -0.649. The van der Waals surface area contributed by atoms with Crippen molar-refractivity contribution in [2.75, 3.05) is 18.5 Å². The molecule has 1 saturated carbocycles. The average Bonchev–Trinajstić information content (AvgIpc) is 2.23. The third-order valence-electron chi connectivity index (χ3n) is 3.83. The smallest absolute Gasteiger partial charge is 0.311 e. The van der Waals surface area contributed by atoms with Crippen LogP contribution in [0.15, 0.2) is 24.3 Å². The lowest BCUT2D eigenvalue weighted by molar-refractivity contribution is -0.153. The van der Waals surface area contributed by atoms with Crippen molar-refractivity contribution in [3.05, 3.63) is 29.8 Å². The number of rotatable bonds is 4. The molecule has 0 spiro atoms. The quantitative estimate of drug-likeness (QED) is 0.869. The maximum atomic E-state index is 11.3. The zero-order valence-electron chi connectivity index (χ0n) is 10.4. The Hall–Kier alpha value is -1.51. The molecule has 1 N–H and O–H groups in total. The fourth-order valence-electron chi connectivity index (χ4n) is 2.57. The first-order valence-corrected chi connectivity index (χ1v) is 6.05. The van der Waals surface area contributed by atoms with E-state index in [0.29, 0.717) is 6.54 Å². The number of carboxylic acids is 1. The number of nitrogens with zero attached hydrogens (tertiary/aromatic N) is 1. The molecule has 0 unspecified atom stereocenters. The van der Waals surface area contributed by atoms with Crippen LogP contribution in [0.4, 0.5) is 5.69 Å². The summed E-state index contributed by atoms with van der Waals surface area (Å²) in [7, 11) is 1.98. The van der Waals surface area contributed by atoms with Gasteiger partial charge in [-0.1, -0.05) is 24.6 Å². The van der Waals surface area contributed by atoms with E-state index in [0.717, 1.165) is 24.9 Å². The lowest BCUT2D eigenvalue weighted by Crippen LogP contribution is -2.46. The van der Waals surface area contributed by atoms with Crippen LogP contribution in [0.25, 0.3) is 0 Å². The second-order valence-electron chi connectivity index (χ2n) is 5.08. The Bertz CT molecular complexity index is 424. The van der Waals surface area contributed by atoms with Crippen molar-refractivity contribution in [1.82, 2.24) is 0 Å². The van der Waals surface area contributed by atoms with Crippen LogP contribution < -0.4 is 4.90 Å². The van der Waals surface area contributed by atoms with Crippen LogP contribution in [0, 0.1) is 12.3 Å². The molecule has 1 aromatic rings. The Morgan fingerprint density at radius 3 is 2.53 bits per heavy atom. The van der Waals surface area contributed by atoms with Gasteiger partial charge in [-0.25, -0.2) is 0 Å². The van der Waals surface area contributed by atoms with Crippen molar-refractivity contribution >= 4 is 11.7 Å². The molecule has 1 aliphatic carbocycles. The van der Waals surface area contributed by atoms with Gasteiger partial charge in [-0.15, -0.1) is 0 Å². The summed E-state index contributed by atoms with van der Waals surface area (Å²) in [4.78, 5) is 13.4. The van der Waals surface area contributed by atoms with Gasteiger partial charge < -0.3 is 10.0 Å². The second-order valence-corrected chi connectivity index (χ2v) is 5.08. The Labute approximate surface area is 102 Å². The molecule has 0 heterocycles. The second kappa shape index (κ2) is 4.40. The van der Waals surface area contributed by atoms with Gasteiger partial charge in [0.25, 0.3) is 0 Å². The van der Waals surface area contributed by atoms with E-state index in [1.54, 1.807) is 0 Å². The number of para-hydroxylation sites is 1. The first kappa shape index (κ1) is 12.0. The predicted octanol–water partition coefficient (Wildman–Crippen LogP) is 2.69. The first-order valence-electron chi connectivity index (χ1n) is 6.05. The van der Waals surface area contributed by atoms with Crippen LogP contribution in [0.5, 0.6) is 0 Å². The molecule has 1 aromatic carbocycles. The average molecular weight is 233 g/mol. The molecule has 3 nitrogen and oxygen atoms in total. The fourth-order valence-corrected chi connectivity index (χ4v) is 2.57. The highest BCUT2D eigenvalue weighted by atomic mass is 16.4. The highest BCUT2D eigenvalue weighted by molar-refractivity contribution is 5.77. The van der Waals surface area contributed by atoms with Crippen LogP contribution in [0.2, 0.25) is 0 Å². The van der Waals surface area contributed by atoms with Crippen molar-refractivity contribution < 1.29 is 9.90 Å². The monoisotopic (exact) mass is 233 g/mol. The van der Waals surface area contributed by atoms with Gasteiger partial charge in [0, 0.05) is 19.3 Å². The first-order chi connectivity index (χ1) is 8.05. The van der Waals surface area contributed by atoms with E-state index in [4.69, 9.17) is 0 Å². The molecule has 92 valence electrons. The van der Waals surface area contributed by atoms with Crippen LogP contribution in [0.1, 0.15) is 24.8 Å². The fraction of sp³-hybridized carbons (Fsp3) is 0.500. The molecule has 1 fully saturated rings. The van der Waals surface area contributed by atoms with Crippen molar-refractivity contribution in [3.63, 3.8) is 0 Å². The number of hydrogen-bond donors (Lipinski definition) is 1. The van der Waals surface area contributed by atoms with Crippen molar-refractivity contribution in [3.8, 4) is 0 Å². The van der Waals surface area contributed by atoms with Crippen molar-refractivity contribution in [1.29, 1.82) is 0 Å². The topological polar surface area (TPSA) is 40.5 Å². The zero-order valence-corrected chi connectivity index (χ0v) is 10.4. The van der Waals surface area contributed by atoms with Gasteiger partial charge in [-0.3, -0.25) is 4.79 Å². The third-order valence-corrected chi connectivity index (χ3v) is 3.83.